The van der Waals surface area contributed by atoms with Crippen LogP contribution >= 0.6 is 0 Å². The molecule has 2 aromatic rings. The van der Waals surface area contributed by atoms with Gasteiger partial charge in [-0.15, -0.1) is 0 Å². The molecule has 1 saturated heterocycles. The number of likely N-dealkylation sites (tertiary alicyclic amines) is 1. The molecule has 138 valence electrons. The summed E-state index contributed by atoms with van der Waals surface area (Å²) in [6, 6.07) is 8.19. The largest absolute Gasteiger partial charge is 0.361 e. The van der Waals surface area contributed by atoms with Crippen LogP contribution in [-0.4, -0.2) is 41.3 Å². The van der Waals surface area contributed by atoms with Crippen molar-refractivity contribution in [2.45, 2.75) is 32.6 Å². The zero-order chi connectivity index (χ0) is 18.1. The third-order valence-electron chi connectivity index (χ3n) is 5.91. The van der Waals surface area contributed by atoms with Gasteiger partial charge in [-0.2, -0.15) is 0 Å². The fourth-order valence-corrected chi connectivity index (χ4v) is 4.01. The van der Waals surface area contributed by atoms with E-state index in [4.69, 9.17) is 0 Å². The van der Waals surface area contributed by atoms with E-state index in [0.29, 0.717) is 18.9 Å². The molecule has 2 heterocycles. The number of aromatic amines is 1. The molecule has 1 saturated carbocycles. The van der Waals surface area contributed by atoms with Crippen molar-refractivity contribution in [3.8, 4) is 0 Å². The van der Waals surface area contributed by atoms with Gasteiger partial charge in [-0.1, -0.05) is 25.1 Å². The Balaban J connectivity index is 1.24. The van der Waals surface area contributed by atoms with Gasteiger partial charge in [0, 0.05) is 36.7 Å². The van der Waals surface area contributed by atoms with E-state index in [1.165, 1.54) is 10.9 Å². The van der Waals surface area contributed by atoms with Gasteiger partial charge in [0.2, 0.25) is 11.8 Å². The zero-order valence-electron chi connectivity index (χ0n) is 15.3. The first-order chi connectivity index (χ1) is 12.6. The summed E-state index contributed by atoms with van der Waals surface area (Å²) in [5, 5.41) is 4.23. The highest BCUT2D eigenvalue weighted by atomic mass is 16.2. The van der Waals surface area contributed by atoms with Crippen LogP contribution in [0.4, 0.5) is 0 Å². The average molecular weight is 353 g/mol. The number of carbonyl (C=O) groups is 2. The van der Waals surface area contributed by atoms with Crippen molar-refractivity contribution in [1.29, 1.82) is 0 Å². The molecule has 0 spiro atoms. The molecule has 2 fully saturated rings. The molecule has 26 heavy (non-hydrogen) atoms. The van der Waals surface area contributed by atoms with Gasteiger partial charge in [0.1, 0.15) is 0 Å². The van der Waals surface area contributed by atoms with Crippen LogP contribution in [0.3, 0.4) is 0 Å². The van der Waals surface area contributed by atoms with E-state index < -0.39 is 0 Å². The van der Waals surface area contributed by atoms with Crippen LogP contribution < -0.4 is 5.32 Å². The fourth-order valence-electron chi connectivity index (χ4n) is 4.01. The minimum Gasteiger partial charge on any atom is -0.361 e. The molecule has 4 rings (SSSR count). The van der Waals surface area contributed by atoms with Crippen LogP contribution in [0, 0.1) is 17.8 Å². The smallest absolute Gasteiger partial charge is 0.226 e. The Morgan fingerprint density at radius 2 is 1.96 bits per heavy atom. The van der Waals surface area contributed by atoms with Gasteiger partial charge in [0.25, 0.3) is 0 Å². The first kappa shape index (κ1) is 17.1. The molecule has 1 aliphatic carbocycles. The van der Waals surface area contributed by atoms with E-state index in [2.05, 4.69) is 29.4 Å². The Morgan fingerprint density at radius 1 is 1.19 bits per heavy atom. The lowest BCUT2D eigenvalue weighted by atomic mass is 9.99. The minimum absolute atomic E-state index is 0.0357. The molecule has 5 heteroatoms. The molecule has 2 unspecified atom stereocenters. The highest BCUT2D eigenvalue weighted by Crippen LogP contribution is 2.40. The predicted molar refractivity (Wildman–Crippen MR) is 102 cm³/mol. The molecule has 2 amide bonds. The maximum atomic E-state index is 12.5. The maximum Gasteiger partial charge on any atom is 0.226 e. The summed E-state index contributed by atoms with van der Waals surface area (Å²) in [7, 11) is 0. The Kier molecular flexibility index (Phi) is 4.70. The molecule has 2 aliphatic rings. The first-order valence-corrected chi connectivity index (χ1v) is 9.75. The molecule has 2 N–H and O–H groups in total. The van der Waals surface area contributed by atoms with E-state index in [0.717, 1.165) is 37.9 Å². The Bertz CT molecular complexity index is 804. The summed E-state index contributed by atoms with van der Waals surface area (Å²) < 4.78 is 0. The number of nitrogens with zero attached hydrogens (tertiary/aromatic N) is 1. The fraction of sp³-hybridized carbons (Fsp3) is 0.524. The zero-order valence-corrected chi connectivity index (χ0v) is 15.3. The van der Waals surface area contributed by atoms with Crippen LogP contribution in [0.25, 0.3) is 10.9 Å². The highest BCUT2D eigenvalue weighted by Gasteiger charge is 2.49. The lowest BCUT2D eigenvalue weighted by Crippen LogP contribution is -2.39. The SMILES string of the molecule is CC1CCN(C(=O)C2CC2C(=O)NCCc2c[nH]c3ccccc23)CC1. The third kappa shape index (κ3) is 3.48. The van der Waals surface area contributed by atoms with Gasteiger partial charge in [0.05, 0.1) is 11.8 Å². The lowest BCUT2D eigenvalue weighted by Gasteiger charge is -2.30. The van der Waals surface area contributed by atoms with Gasteiger partial charge in [-0.25, -0.2) is 0 Å². The average Bonchev–Trinajstić information content (AvgIpc) is 3.36. The monoisotopic (exact) mass is 353 g/mol. The number of fused-ring (bicyclic) bond motifs is 1. The molecule has 0 bridgehead atoms. The van der Waals surface area contributed by atoms with E-state index in [-0.39, 0.29) is 23.7 Å². The molecule has 0 radical (unpaired) electrons. The van der Waals surface area contributed by atoms with Gasteiger partial charge in [-0.3, -0.25) is 9.59 Å². The maximum absolute atomic E-state index is 12.5. The number of amides is 2. The van der Waals surface area contributed by atoms with Crippen LogP contribution in [0.1, 0.15) is 31.7 Å². The molecule has 2 atom stereocenters. The number of aromatic nitrogens is 1. The molecule has 1 aromatic heterocycles. The molecule has 1 aromatic carbocycles. The van der Waals surface area contributed by atoms with Crippen molar-refractivity contribution >= 4 is 22.7 Å². The van der Waals surface area contributed by atoms with E-state index in [9.17, 15) is 9.59 Å². The van der Waals surface area contributed by atoms with Crippen molar-refractivity contribution in [2.24, 2.45) is 17.8 Å². The second-order valence-corrected chi connectivity index (χ2v) is 7.86. The van der Waals surface area contributed by atoms with Crippen molar-refractivity contribution < 1.29 is 9.59 Å². The normalized spacial score (nSPS) is 23.2. The van der Waals surface area contributed by atoms with Crippen LogP contribution in [0.5, 0.6) is 0 Å². The van der Waals surface area contributed by atoms with Gasteiger partial charge in [0.15, 0.2) is 0 Å². The summed E-state index contributed by atoms with van der Waals surface area (Å²) in [6.45, 7) is 4.55. The van der Waals surface area contributed by atoms with Crippen LogP contribution in [0.15, 0.2) is 30.5 Å². The summed E-state index contributed by atoms with van der Waals surface area (Å²) in [5.74, 6) is 0.727. The Hall–Kier alpha value is -2.30. The third-order valence-corrected chi connectivity index (χ3v) is 5.91. The van der Waals surface area contributed by atoms with E-state index in [1.54, 1.807) is 0 Å². The van der Waals surface area contributed by atoms with Gasteiger partial charge >= 0.3 is 0 Å². The number of carbonyl (C=O) groups excluding carboxylic acids is 2. The van der Waals surface area contributed by atoms with Crippen molar-refractivity contribution in [3.63, 3.8) is 0 Å². The molecule has 1 aliphatic heterocycles. The molecular weight excluding hydrogens is 326 g/mol. The summed E-state index contributed by atoms with van der Waals surface area (Å²) in [6.07, 6.45) is 5.69. The second-order valence-electron chi connectivity index (χ2n) is 7.86. The van der Waals surface area contributed by atoms with Crippen LogP contribution in [-0.2, 0) is 16.0 Å². The van der Waals surface area contributed by atoms with E-state index in [1.807, 2.05) is 23.2 Å². The Morgan fingerprint density at radius 3 is 2.77 bits per heavy atom. The second kappa shape index (κ2) is 7.14. The standard InChI is InChI=1S/C21H27N3O2/c1-14-7-10-24(11-8-14)21(26)18-12-17(18)20(25)22-9-6-15-13-23-19-5-3-2-4-16(15)19/h2-5,13-14,17-18,23H,6-12H2,1H3,(H,22,25). The summed E-state index contributed by atoms with van der Waals surface area (Å²) >= 11 is 0. The Labute approximate surface area is 154 Å². The van der Waals surface area contributed by atoms with Crippen molar-refractivity contribution in [2.75, 3.05) is 19.6 Å². The summed E-state index contributed by atoms with van der Waals surface area (Å²) in [5.41, 5.74) is 2.34. The number of rotatable bonds is 5. The van der Waals surface area contributed by atoms with Gasteiger partial charge < -0.3 is 15.2 Å². The number of hydrogen-bond donors (Lipinski definition) is 2. The van der Waals surface area contributed by atoms with E-state index >= 15 is 0 Å². The number of H-pyrrole nitrogens is 1. The molecule has 5 nitrogen and oxygen atoms in total. The quantitative estimate of drug-likeness (QED) is 0.868. The number of piperidine rings is 1. The van der Waals surface area contributed by atoms with Gasteiger partial charge in [-0.05, 0) is 43.2 Å². The summed E-state index contributed by atoms with van der Waals surface area (Å²) in [4.78, 5) is 30.1. The predicted octanol–water partition coefficient (Wildman–Crippen LogP) is 2.72. The van der Waals surface area contributed by atoms with Crippen molar-refractivity contribution in [3.05, 3.63) is 36.0 Å². The number of benzene rings is 1. The van der Waals surface area contributed by atoms with Crippen molar-refractivity contribution in [1.82, 2.24) is 15.2 Å². The minimum atomic E-state index is -0.121. The number of hydrogen-bond acceptors (Lipinski definition) is 2. The topological polar surface area (TPSA) is 65.2 Å². The highest BCUT2D eigenvalue weighted by molar-refractivity contribution is 5.92. The number of para-hydroxylation sites is 1. The number of nitrogens with one attached hydrogen (secondary N) is 2. The van der Waals surface area contributed by atoms with Crippen LogP contribution in [0.2, 0.25) is 0 Å². The lowest BCUT2D eigenvalue weighted by molar-refractivity contribution is -0.135. The molecular formula is C21H27N3O2. The first-order valence-electron chi connectivity index (χ1n) is 9.75.